The van der Waals surface area contributed by atoms with Gasteiger partial charge in [0.2, 0.25) is 0 Å². The van der Waals surface area contributed by atoms with Gasteiger partial charge >= 0.3 is 11.9 Å². The molecule has 310 valence electrons. The van der Waals surface area contributed by atoms with E-state index >= 15 is 0 Å². The number of unbranched alkanes of at least 4 members (excludes halogenated alkanes) is 2. The van der Waals surface area contributed by atoms with Gasteiger partial charge in [-0.15, -0.1) is 0 Å². The minimum Gasteiger partial charge on any atom is -0.489 e. The number of hydrogen-bond acceptors (Lipinski definition) is 8. The average Bonchev–Trinajstić information content (AvgIpc) is 3.29. The Kier molecular flexibility index (Phi) is 14.4. The maximum Gasteiger partial charge on any atom is 0.306 e. The van der Waals surface area contributed by atoms with Crippen molar-refractivity contribution in [2.24, 2.45) is 0 Å². The first-order valence-electron chi connectivity index (χ1n) is 21.3. The van der Waals surface area contributed by atoms with Crippen LogP contribution in [-0.2, 0) is 25.5 Å². The van der Waals surface area contributed by atoms with E-state index in [1.54, 1.807) is 0 Å². The second-order valence-corrected chi connectivity index (χ2v) is 15.1. The molecule has 0 aromatic heterocycles. The summed E-state index contributed by atoms with van der Waals surface area (Å²) >= 11 is 0. The van der Waals surface area contributed by atoms with Crippen LogP contribution in [0.4, 0.5) is 0 Å². The smallest absolute Gasteiger partial charge is 0.306 e. The van der Waals surface area contributed by atoms with E-state index in [1.807, 2.05) is 123 Å². The van der Waals surface area contributed by atoms with Gasteiger partial charge in [-0.1, -0.05) is 143 Å². The third-order valence-corrected chi connectivity index (χ3v) is 10.6. The van der Waals surface area contributed by atoms with E-state index in [-0.39, 0.29) is 38.4 Å². The zero-order valence-corrected chi connectivity index (χ0v) is 34.8. The normalized spacial score (nSPS) is 12.3. The Morgan fingerprint density at radius 1 is 0.450 bits per heavy atom. The molecule has 0 heterocycles. The van der Waals surface area contributed by atoms with Gasteiger partial charge in [0.05, 0.1) is 0 Å². The van der Waals surface area contributed by atoms with E-state index in [2.05, 4.69) is 25.1 Å². The lowest BCUT2D eigenvalue weighted by Crippen LogP contribution is -2.31. The number of benzene rings is 7. The quantitative estimate of drug-likeness (QED) is 0.0524. The van der Waals surface area contributed by atoms with Crippen molar-refractivity contribution < 1.29 is 38.0 Å². The predicted molar refractivity (Wildman–Crippen MR) is 240 cm³/mol. The van der Waals surface area contributed by atoms with Gasteiger partial charge in [-0.2, -0.15) is 0 Å². The first-order valence-corrected chi connectivity index (χ1v) is 21.3. The van der Waals surface area contributed by atoms with Gasteiger partial charge < -0.3 is 28.4 Å². The summed E-state index contributed by atoms with van der Waals surface area (Å²) in [5, 5.41) is 7.46. The van der Waals surface area contributed by atoms with Crippen LogP contribution in [0.2, 0.25) is 0 Å². The van der Waals surface area contributed by atoms with Gasteiger partial charge in [0.25, 0.3) is 0 Å². The number of fused-ring (bicyclic) bond motifs is 4. The van der Waals surface area contributed by atoms with E-state index in [9.17, 15) is 9.59 Å². The van der Waals surface area contributed by atoms with Crippen molar-refractivity contribution in [3.63, 3.8) is 0 Å². The van der Waals surface area contributed by atoms with E-state index in [1.165, 1.54) is 0 Å². The number of ether oxygens (including phenoxy) is 6. The fraction of sp³-hybridized carbons (Fsp3) is 0.308. The van der Waals surface area contributed by atoms with Crippen LogP contribution < -0.4 is 18.9 Å². The van der Waals surface area contributed by atoms with Crippen molar-refractivity contribution in [2.75, 3.05) is 26.4 Å². The summed E-state index contributed by atoms with van der Waals surface area (Å²) in [6, 6.07) is 42.2. The third kappa shape index (κ3) is 10.3. The molecule has 0 aliphatic rings. The Hall–Kier alpha value is -6.28. The summed E-state index contributed by atoms with van der Waals surface area (Å²) in [6.07, 6.45) is 3.33. The number of rotatable bonds is 21. The van der Waals surface area contributed by atoms with Crippen LogP contribution >= 0.6 is 0 Å². The highest BCUT2D eigenvalue weighted by Gasteiger charge is 2.23. The molecule has 0 saturated carbocycles. The second-order valence-electron chi connectivity index (χ2n) is 15.1. The zero-order chi connectivity index (χ0) is 41.7. The zero-order valence-electron chi connectivity index (χ0n) is 34.8. The minimum absolute atomic E-state index is 0.0682. The number of esters is 2. The molecule has 2 unspecified atom stereocenters. The molecular weight excluding hydrogens is 753 g/mol. The van der Waals surface area contributed by atoms with Crippen LogP contribution in [-0.4, -0.2) is 50.6 Å². The highest BCUT2D eigenvalue weighted by Crippen LogP contribution is 2.43. The molecule has 0 spiro atoms. The van der Waals surface area contributed by atoms with Crippen molar-refractivity contribution in [1.29, 1.82) is 0 Å². The fourth-order valence-electron chi connectivity index (χ4n) is 7.40. The van der Waals surface area contributed by atoms with Crippen molar-refractivity contribution in [3.05, 3.63) is 133 Å². The second kappa shape index (κ2) is 20.6. The van der Waals surface area contributed by atoms with Gasteiger partial charge in [0.15, 0.2) is 12.2 Å². The summed E-state index contributed by atoms with van der Waals surface area (Å²) in [6.45, 7) is 6.57. The first kappa shape index (κ1) is 41.9. The van der Waals surface area contributed by atoms with E-state index < -0.39 is 12.2 Å². The molecule has 0 fully saturated rings. The fourth-order valence-corrected chi connectivity index (χ4v) is 7.40. The maximum absolute atomic E-state index is 13.0. The Labute approximate surface area is 352 Å². The van der Waals surface area contributed by atoms with Crippen LogP contribution in [0.15, 0.2) is 127 Å². The van der Waals surface area contributed by atoms with Crippen molar-refractivity contribution >= 4 is 55.0 Å². The van der Waals surface area contributed by atoms with Gasteiger partial charge in [-0.25, -0.2) is 0 Å². The summed E-state index contributed by atoms with van der Waals surface area (Å²) < 4.78 is 38.3. The molecule has 0 radical (unpaired) electrons. The van der Waals surface area contributed by atoms with E-state index in [4.69, 9.17) is 28.4 Å². The van der Waals surface area contributed by atoms with Gasteiger partial charge in [-0.3, -0.25) is 9.59 Å². The number of hydrogen-bond donors (Lipinski definition) is 0. The molecule has 60 heavy (non-hydrogen) atoms. The lowest BCUT2D eigenvalue weighted by molar-refractivity contribution is -0.153. The van der Waals surface area contributed by atoms with Gasteiger partial charge in [0.1, 0.15) is 49.4 Å². The maximum atomic E-state index is 13.0. The summed E-state index contributed by atoms with van der Waals surface area (Å²) in [5.41, 5.74) is 1.13. The Bertz CT molecular complexity index is 2530. The highest BCUT2D eigenvalue weighted by molar-refractivity contribution is 6.11. The number of aryl methyl sites for hydroxylation is 1. The van der Waals surface area contributed by atoms with E-state index in [0.717, 1.165) is 80.8 Å². The SMILES string of the molecule is CCCCC(=O)OC(COc1cccc2ccccc12)COc1c2ccccc2c(OCC(COc2cccc3ccccc23)OC(=O)CCCC)c2cc(CC)ccc12. The van der Waals surface area contributed by atoms with Gasteiger partial charge in [-0.05, 0) is 53.8 Å². The molecule has 0 aliphatic heterocycles. The summed E-state index contributed by atoms with van der Waals surface area (Å²) in [5.74, 6) is 2.16. The standard InChI is InChI=1S/C52H54O8/c1-4-7-27-49(53)59-39(32-55-47-25-15-19-37-17-9-11-21-41(37)47)34-57-51-43-23-13-14-24-44(43)52(46-31-36(6-3)29-30-45(46)51)58-35-40(60-50(54)28-8-5-2)33-56-48-26-16-20-38-18-10-12-22-42(38)48/h9-26,29-31,39-40H,4-8,27-28,32-35H2,1-3H3. The third-order valence-electron chi connectivity index (χ3n) is 10.6. The van der Waals surface area contributed by atoms with Gasteiger partial charge in [0, 0.05) is 45.2 Å². The average molecular weight is 807 g/mol. The lowest BCUT2D eigenvalue weighted by atomic mass is 9.98. The van der Waals surface area contributed by atoms with Crippen molar-refractivity contribution in [2.45, 2.75) is 77.9 Å². The number of carbonyl (C=O) groups is 2. The summed E-state index contributed by atoms with van der Waals surface area (Å²) in [7, 11) is 0. The van der Waals surface area contributed by atoms with Crippen LogP contribution in [0.5, 0.6) is 23.0 Å². The lowest BCUT2D eigenvalue weighted by Gasteiger charge is -2.23. The molecule has 0 bridgehead atoms. The minimum atomic E-state index is -0.683. The highest BCUT2D eigenvalue weighted by atomic mass is 16.6. The molecule has 0 amide bonds. The molecule has 0 N–H and O–H groups in total. The van der Waals surface area contributed by atoms with Crippen LogP contribution in [0.1, 0.15) is 64.9 Å². The molecule has 0 aliphatic carbocycles. The topological polar surface area (TPSA) is 89.5 Å². The Balaban J connectivity index is 1.18. The molecule has 7 aromatic carbocycles. The molecule has 7 rings (SSSR count). The largest absolute Gasteiger partial charge is 0.489 e. The first-order chi connectivity index (χ1) is 29.4. The van der Waals surface area contributed by atoms with Crippen molar-refractivity contribution in [1.82, 2.24) is 0 Å². The van der Waals surface area contributed by atoms with E-state index in [0.29, 0.717) is 35.8 Å². The number of carbonyl (C=O) groups excluding carboxylic acids is 2. The Morgan fingerprint density at radius 2 is 0.867 bits per heavy atom. The molecule has 0 saturated heterocycles. The molecule has 8 nitrogen and oxygen atoms in total. The Morgan fingerprint density at radius 3 is 1.35 bits per heavy atom. The summed E-state index contributed by atoms with van der Waals surface area (Å²) in [4.78, 5) is 26.1. The molecule has 7 aromatic rings. The van der Waals surface area contributed by atoms with Crippen LogP contribution in [0, 0.1) is 0 Å². The monoisotopic (exact) mass is 806 g/mol. The predicted octanol–water partition coefficient (Wildman–Crippen LogP) is 12.0. The molecule has 8 heteroatoms. The van der Waals surface area contributed by atoms with Crippen molar-refractivity contribution in [3.8, 4) is 23.0 Å². The van der Waals surface area contributed by atoms with Crippen LogP contribution in [0.3, 0.4) is 0 Å². The molecular formula is C52H54O8. The molecule has 2 atom stereocenters. The van der Waals surface area contributed by atoms with Crippen LogP contribution in [0.25, 0.3) is 43.1 Å².